The van der Waals surface area contributed by atoms with E-state index in [2.05, 4.69) is 5.32 Å². The molecule has 0 spiro atoms. The van der Waals surface area contributed by atoms with Gasteiger partial charge < -0.3 is 9.47 Å². The van der Waals surface area contributed by atoms with Gasteiger partial charge in [0.2, 0.25) is 0 Å². The molecule has 20 heavy (non-hydrogen) atoms. The van der Waals surface area contributed by atoms with E-state index < -0.39 is 6.09 Å². The molecule has 0 heterocycles. The summed E-state index contributed by atoms with van der Waals surface area (Å²) < 4.78 is 10.4. The molecular formula is C16H17NO3. The van der Waals surface area contributed by atoms with Gasteiger partial charge in [-0.15, -0.1) is 0 Å². The van der Waals surface area contributed by atoms with Gasteiger partial charge in [0.25, 0.3) is 0 Å². The molecule has 0 saturated heterocycles. The predicted octanol–water partition coefficient (Wildman–Crippen LogP) is 4.00. The molecule has 0 aromatic heterocycles. The Bertz CT molecular complexity index is 569. The summed E-state index contributed by atoms with van der Waals surface area (Å²) in [7, 11) is 1.58. The number of nitrogens with one attached hydrogen (secondary N) is 1. The van der Waals surface area contributed by atoms with Crippen LogP contribution in [0, 0.1) is 0 Å². The standard InChI is InChI=1S/C16H17NO3/c1-12(13-7-4-3-5-8-13)20-16(18)17-14-9-6-10-15(11-14)19-2/h3-12H,1-2H3,(H,17,18). The molecule has 0 bridgehead atoms. The summed E-state index contributed by atoms with van der Waals surface area (Å²) in [5.41, 5.74) is 1.59. The number of carbonyl (C=O) groups excluding carboxylic acids is 1. The molecule has 2 aromatic carbocycles. The van der Waals surface area contributed by atoms with E-state index in [9.17, 15) is 4.79 Å². The molecule has 4 heteroatoms. The number of rotatable bonds is 4. The summed E-state index contributed by atoms with van der Waals surface area (Å²) in [6.45, 7) is 1.83. The molecule has 0 aliphatic rings. The zero-order valence-electron chi connectivity index (χ0n) is 11.5. The molecule has 1 amide bonds. The first-order chi connectivity index (χ1) is 9.69. The van der Waals surface area contributed by atoms with Crippen molar-refractivity contribution in [1.82, 2.24) is 0 Å². The van der Waals surface area contributed by atoms with Gasteiger partial charge in [-0.3, -0.25) is 5.32 Å². The van der Waals surface area contributed by atoms with Crippen molar-refractivity contribution in [3.63, 3.8) is 0 Å². The third kappa shape index (κ3) is 3.75. The van der Waals surface area contributed by atoms with E-state index in [-0.39, 0.29) is 6.10 Å². The minimum atomic E-state index is -0.491. The van der Waals surface area contributed by atoms with E-state index in [0.717, 1.165) is 5.56 Å². The molecule has 104 valence electrons. The number of hydrogen-bond donors (Lipinski definition) is 1. The van der Waals surface area contributed by atoms with Crippen LogP contribution in [0.15, 0.2) is 54.6 Å². The van der Waals surface area contributed by atoms with Gasteiger partial charge in [-0.05, 0) is 24.6 Å². The van der Waals surface area contributed by atoms with Crippen molar-refractivity contribution in [3.8, 4) is 5.75 Å². The largest absolute Gasteiger partial charge is 0.497 e. The van der Waals surface area contributed by atoms with E-state index in [1.54, 1.807) is 25.3 Å². The summed E-state index contributed by atoms with van der Waals surface area (Å²) >= 11 is 0. The summed E-state index contributed by atoms with van der Waals surface area (Å²) in [4.78, 5) is 11.8. The van der Waals surface area contributed by atoms with Crippen LogP contribution in [0.1, 0.15) is 18.6 Å². The first kappa shape index (κ1) is 13.9. The Morgan fingerprint density at radius 2 is 1.85 bits per heavy atom. The van der Waals surface area contributed by atoms with E-state index in [1.807, 2.05) is 43.3 Å². The normalized spacial score (nSPS) is 11.5. The number of hydrogen-bond acceptors (Lipinski definition) is 3. The highest BCUT2D eigenvalue weighted by molar-refractivity contribution is 5.85. The smallest absolute Gasteiger partial charge is 0.412 e. The lowest BCUT2D eigenvalue weighted by atomic mass is 10.1. The summed E-state index contributed by atoms with van der Waals surface area (Å²) in [6, 6.07) is 16.7. The van der Waals surface area contributed by atoms with E-state index in [0.29, 0.717) is 11.4 Å². The Hall–Kier alpha value is -2.49. The quantitative estimate of drug-likeness (QED) is 0.914. The second kappa shape index (κ2) is 6.61. The topological polar surface area (TPSA) is 47.6 Å². The lowest BCUT2D eigenvalue weighted by Gasteiger charge is -2.14. The summed E-state index contributed by atoms with van der Waals surface area (Å²) in [5, 5.41) is 2.68. The molecular weight excluding hydrogens is 254 g/mol. The maximum atomic E-state index is 11.8. The van der Waals surface area contributed by atoms with Crippen molar-refractivity contribution in [3.05, 3.63) is 60.2 Å². The highest BCUT2D eigenvalue weighted by Gasteiger charge is 2.11. The number of ether oxygens (including phenoxy) is 2. The van der Waals surface area contributed by atoms with Crippen LogP contribution in [-0.2, 0) is 4.74 Å². The number of methoxy groups -OCH3 is 1. The van der Waals surface area contributed by atoms with Crippen LogP contribution in [0.25, 0.3) is 0 Å². The van der Waals surface area contributed by atoms with Crippen molar-refractivity contribution in [2.75, 3.05) is 12.4 Å². The fourth-order valence-corrected chi connectivity index (χ4v) is 1.80. The molecule has 0 aliphatic carbocycles. The maximum Gasteiger partial charge on any atom is 0.412 e. The molecule has 0 radical (unpaired) electrons. The van der Waals surface area contributed by atoms with Gasteiger partial charge in [0, 0.05) is 11.8 Å². The van der Waals surface area contributed by atoms with Crippen LogP contribution >= 0.6 is 0 Å². The van der Waals surface area contributed by atoms with E-state index in [1.165, 1.54) is 0 Å². The van der Waals surface area contributed by atoms with Gasteiger partial charge in [-0.2, -0.15) is 0 Å². The van der Waals surface area contributed by atoms with Gasteiger partial charge >= 0.3 is 6.09 Å². The van der Waals surface area contributed by atoms with Gasteiger partial charge in [-0.25, -0.2) is 4.79 Å². The minimum Gasteiger partial charge on any atom is -0.497 e. The van der Waals surface area contributed by atoms with Gasteiger partial charge in [0.1, 0.15) is 11.9 Å². The predicted molar refractivity (Wildman–Crippen MR) is 78.0 cm³/mol. The zero-order chi connectivity index (χ0) is 14.4. The third-order valence-electron chi connectivity index (χ3n) is 2.87. The first-order valence-electron chi connectivity index (χ1n) is 6.35. The molecule has 0 saturated carbocycles. The number of benzene rings is 2. The van der Waals surface area contributed by atoms with Crippen LogP contribution in [-0.4, -0.2) is 13.2 Å². The SMILES string of the molecule is COc1cccc(NC(=O)OC(C)c2ccccc2)c1. The van der Waals surface area contributed by atoms with Crippen molar-refractivity contribution in [2.24, 2.45) is 0 Å². The first-order valence-corrected chi connectivity index (χ1v) is 6.35. The van der Waals surface area contributed by atoms with Crippen LogP contribution < -0.4 is 10.1 Å². The molecule has 1 atom stereocenters. The lowest BCUT2D eigenvalue weighted by molar-refractivity contribution is 0.121. The van der Waals surface area contributed by atoms with Crippen molar-refractivity contribution in [1.29, 1.82) is 0 Å². The molecule has 1 N–H and O–H groups in total. The summed E-state index contributed by atoms with van der Waals surface area (Å²) in [6.07, 6.45) is -0.795. The number of anilines is 1. The van der Waals surface area contributed by atoms with Gasteiger partial charge in [0.05, 0.1) is 7.11 Å². The molecule has 1 unspecified atom stereocenters. The lowest BCUT2D eigenvalue weighted by Crippen LogP contribution is -2.16. The third-order valence-corrected chi connectivity index (χ3v) is 2.87. The fourth-order valence-electron chi connectivity index (χ4n) is 1.80. The molecule has 0 aliphatic heterocycles. The van der Waals surface area contributed by atoms with Crippen molar-refractivity contribution >= 4 is 11.8 Å². The Labute approximate surface area is 118 Å². The van der Waals surface area contributed by atoms with Gasteiger partial charge in [0.15, 0.2) is 0 Å². The van der Waals surface area contributed by atoms with Crippen LogP contribution in [0.2, 0.25) is 0 Å². The van der Waals surface area contributed by atoms with Crippen molar-refractivity contribution in [2.45, 2.75) is 13.0 Å². The second-order valence-electron chi connectivity index (χ2n) is 4.32. The number of amides is 1. The fraction of sp³-hybridized carbons (Fsp3) is 0.188. The van der Waals surface area contributed by atoms with Crippen LogP contribution in [0.3, 0.4) is 0 Å². The number of carbonyl (C=O) groups is 1. The highest BCUT2D eigenvalue weighted by Crippen LogP contribution is 2.19. The average Bonchev–Trinajstić information content (AvgIpc) is 2.48. The zero-order valence-corrected chi connectivity index (χ0v) is 11.5. The minimum absolute atomic E-state index is 0.304. The Morgan fingerprint density at radius 3 is 2.55 bits per heavy atom. The van der Waals surface area contributed by atoms with Crippen LogP contribution in [0.4, 0.5) is 10.5 Å². The Balaban J connectivity index is 1.95. The molecule has 0 fully saturated rings. The highest BCUT2D eigenvalue weighted by atomic mass is 16.6. The molecule has 2 rings (SSSR count). The summed E-state index contributed by atoms with van der Waals surface area (Å²) in [5.74, 6) is 0.680. The second-order valence-corrected chi connectivity index (χ2v) is 4.32. The average molecular weight is 271 g/mol. The molecule has 2 aromatic rings. The maximum absolute atomic E-state index is 11.8. The van der Waals surface area contributed by atoms with Gasteiger partial charge in [-0.1, -0.05) is 36.4 Å². The molecule has 4 nitrogen and oxygen atoms in total. The Morgan fingerprint density at radius 1 is 1.10 bits per heavy atom. The Kier molecular flexibility index (Phi) is 4.60. The van der Waals surface area contributed by atoms with E-state index >= 15 is 0 Å². The monoisotopic (exact) mass is 271 g/mol. The van der Waals surface area contributed by atoms with E-state index in [4.69, 9.17) is 9.47 Å². The van der Waals surface area contributed by atoms with Crippen molar-refractivity contribution < 1.29 is 14.3 Å². The van der Waals surface area contributed by atoms with Crippen LogP contribution in [0.5, 0.6) is 5.75 Å².